The van der Waals surface area contributed by atoms with E-state index >= 15 is 0 Å². The van der Waals surface area contributed by atoms with Crippen molar-refractivity contribution in [3.8, 4) is 0 Å². The largest absolute Gasteiger partial charge is 0.479 e. The van der Waals surface area contributed by atoms with Crippen LogP contribution in [0.4, 0.5) is 0 Å². The summed E-state index contributed by atoms with van der Waals surface area (Å²) in [6.07, 6.45) is -7.77. The number of carbonyl (C=O) groups excluding carboxylic acids is 2. The Balaban J connectivity index is 1.52. The first-order valence-electron chi connectivity index (χ1n) is 25.9. The fourth-order valence-corrected chi connectivity index (χ4v) is 8.85. The lowest BCUT2D eigenvalue weighted by atomic mass is 9.98. The van der Waals surface area contributed by atoms with Crippen LogP contribution < -0.4 is 0 Å². The molecule has 4 unspecified atom stereocenters. The number of unbranched alkanes of at least 4 members (excludes halogenated alkanes) is 12. The number of rotatable bonds is 35. The van der Waals surface area contributed by atoms with Crippen molar-refractivity contribution in [3.63, 3.8) is 0 Å². The van der Waals surface area contributed by atoms with E-state index < -0.39 is 135 Å². The average molecular weight is 1010 g/mol. The van der Waals surface area contributed by atoms with Gasteiger partial charge in [0.2, 0.25) is 0 Å². The Labute approximate surface area is 413 Å². The average Bonchev–Trinajstić information content (AvgIpc) is 3.31. The molecule has 3 fully saturated rings. The SMILES string of the molecule is CCCCC(CCC[C@H](O)[C@H](O)CCCCCCCCCCCCCC[C@H](O)C(=O)O)O[C@H]1OC[C@H](O)C(O)[C@@H]1OC1OC[C@H](O)[C@@H](O)[C@@H]1O[C@H]1OC(COC(=O)CC(C)C)[C@H](OC(C)=O)[C@@H](O)[C@@H]1O. The molecule has 21 heteroatoms. The fraction of sp³-hybridized carbons (Fsp3) is 0.939. The molecule has 3 aliphatic heterocycles. The quantitative estimate of drug-likeness (QED) is 0.0321. The van der Waals surface area contributed by atoms with Crippen molar-refractivity contribution < 1.29 is 103 Å². The third-order valence-corrected chi connectivity index (χ3v) is 13.1. The van der Waals surface area contributed by atoms with E-state index in [0.717, 1.165) is 96.8 Å². The van der Waals surface area contributed by atoms with E-state index in [9.17, 15) is 60.3 Å². The number of hydrogen-bond acceptors (Lipinski definition) is 20. The number of carboxylic acids is 1. The first-order chi connectivity index (χ1) is 33.3. The molecule has 0 amide bonds. The number of aliphatic carboxylic acids is 1. The van der Waals surface area contributed by atoms with Crippen molar-refractivity contribution >= 4 is 17.9 Å². The highest BCUT2D eigenvalue weighted by molar-refractivity contribution is 5.71. The van der Waals surface area contributed by atoms with Crippen molar-refractivity contribution in [2.24, 2.45) is 5.92 Å². The molecule has 0 aliphatic carbocycles. The van der Waals surface area contributed by atoms with Crippen molar-refractivity contribution in [2.75, 3.05) is 19.8 Å². The van der Waals surface area contributed by atoms with E-state index in [1.165, 1.54) is 0 Å². The summed E-state index contributed by atoms with van der Waals surface area (Å²) in [4.78, 5) is 35.0. The van der Waals surface area contributed by atoms with Crippen LogP contribution in [0, 0.1) is 5.92 Å². The zero-order valence-electron chi connectivity index (χ0n) is 41.8. The number of aliphatic hydroxyl groups is 9. The van der Waals surface area contributed by atoms with Gasteiger partial charge in [0.25, 0.3) is 0 Å². The van der Waals surface area contributed by atoms with Crippen LogP contribution in [0.2, 0.25) is 0 Å². The Bertz CT molecular complexity index is 1440. The molecule has 3 saturated heterocycles. The molecule has 3 aliphatic rings. The van der Waals surface area contributed by atoms with Crippen molar-refractivity contribution in [2.45, 2.75) is 267 Å². The van der Waals surface area contributed by atoms with Gasteiger partial charge in [-0.3, -0.25) is 9.59 Å². The van der Waals surface area contributed by atoms with Gasteiger partial charge in [-0.2, -0.15) is 0 Å². The molecule has 10 N–H and O–H groups in total. The molecule has 410 valence electrons. The minimum absolute atomic E-state index is 0.0403. The maximum Gasteiger partial charge on any atom is 0.332 e. The summed E-state index contributed by atoms with van der Waals surface area (Å²) in [6, 6.07) is 0. The molecule has 0 aromatic heterocycles. The smallest absolute Gasteiger partial charge is 0.332 e. The maximum atomic E-state index is 12.4. The van der Waals surface area contributed by atoms with Gasteiger partial charge in [0, 0.05) is 13.3 Å². The van der Waals surface area contributed by atoms with Gasteiger partial charge in [0.05, 0.1) is 31.5 Å². The monoisotopic (exact) mass is 1010 g/mol. The predicted octanol–water partition coefficient (Wildman–Crippen LogP) is 2.26. The first kappa shape index (κ1) is 62.1. The van der Waals surface area contributed by atoms with Crippen LogP contribution in [-0.4, -0.2) is 193 Å². The van der Waals surface area contributed by atoms with Crippen LogP contribution in [0.1, 0.15) is 163 Å². The van der Waals surface area contributed by atoms with Crippen LogP contribution in [-0.2, 0) is 52.3 Å². The molecule has 3 heterocycles. The second kappa shape index (κ2) is 33.6. The molecule has 3 rings (SSSR count). The van der Waals surface area contributed by atoms with Gasteiger partial charge in [-0.15, -0.1) is 0 Å². The molecular formula is C49H88O21. The number of carbonyl (C=O) groups is 3. The zero-order chi connectivity index (χ0) is 51.8. The number of ether oxygens (including phenoxy) is 8. The lowest BCUT2D eigenvalue weighted by molar-refractivity contribution is -0.380. The molecule has 0 spiro atoms. The van der Waals surface area contributed by atoms with Crippen molar-refractivity contribution in [1.82, 2.24) is 0 Å². The van der Waals surface area contributed by atoms with Crippen molar-refractivity contribution in [3.05, 3.63) is 0 Å². The van der Waals surface area contributed by atoms with Crippen LogP contribution in [0.3, 0.4) is 0 Å². The number of carboxylic acid groups (broad SMARTS) is 1. The zero-order valence-corrected chi connectivity index (χ0v) is 41.8. The number of esters is 2. The highest BCUT2D eigenvalue weighted by Crippen LogP contribution is 2.33. The predicted molar refractivity (Wildman–Crippen MR) is 248 cm³/mol. The number of aliphatic hydroxyl groups excluding tert-OH is 9. The Kier molecular flexibility index (Phi) is 29.8. The topological polar surface area (TPSA) is 327 Å². The molecule has 0 saturated carbocycles. The molecule has 0 bridgehead atoms. The molecule has 0 aromatic carbocycles. The fourth-order valence-electron chi connectivity index (χ4n) is 8.85. The lowest BCUT2D eigenvalue weighted by Crippen LogP contribution is -2.65. The standard InChI is InChI=1S/C49H88O21/c1-5-6-20-31(21-19-24-33(52)32(51)22-17-15-13-11-9-7-8-10-12-14-16-18-23-34(53)46(61)62)67-48-44(39(57)35(54)26-64-48)70-49-45(40(58)36(55)27-65-49)69-47-42(60)41(59)43(66-30(4)50)37(68-47)28-63-38(56)25-29(2)3/h29,31-37,39-45,47-49,51-55,57-60H,5-28H2,1-4H3,(H,61,62)/t31?,32-,33+,34+,35+,36+,37?,39?,40-,41+,42+,43+,44+,45+,47-,48-,49?/m1/s1. The van der Waals surface area contributed by atoms with Gasteiger partial charge < -0.3 is 89.0 Å². The molecule has 17 atom stereocenters. The summed E-state index contributed by atoms with van der Waals surface area (Å²) in [5.41, 5.74) is 0. The van der Waals surface area contributed by atoms with E-state index in [2.05, 4.69) is 0 Å². The van der Waals surface area contributed by atoms with Gasteiger partial charge in [-0.25, -0.2) is 4.79 Å². The molecule has 70 heavy (non-hydrogen) atoms. The summed E-state index contributed by atoms with van der Waals surface area (Å²) in [7, 11) is 0. The van der Waals surface area contributed by atoms with Gasteiger partial charge in [0.1, 0.15) is 61.5 Å². The number of hydrogen-bond donors (Lipinski definition) is 10. The first-order valence-corrected chi connectivity index (χ1v) is 25.9. The van der Waals surface area contributed by atoms with E-state index in [1.807, 2.05) is 6.92 Å². The molecule has 0 aromatic rings. The summed E-state index contributed by atoms with van der Waals surface area (Å²) < 4.78 is 46.5. The highest BCUT2D eigenvalue weighted by Gasteiger charge is 2.52. The third kappa shape index (κ3) is 22.1. The summed E-state index contributed by atoms with van der Waals surface area (Å²) >= 11 is 0. The van der Waals surface area contributed by atoms with Gasteiger partial charge in [-0.05, 0) is 44.4 Å². The normalized spacial score (nSPS) is 31.2. The van der Waals surface area contributed by atoms with Crippen LogP contribution in [0.25, 0.3) is 0 Å². The van der Waals surface area contributed by atoms with E-state index in [4.69, 9.17) is 43.0 Å². The molecule has 21 nitrogen and oxygen atoms in total. The van der Waals surface area contributed by atoms with E-state index in [0.29, 0.717) is 38.5 Å². The second-order valence-corrected chi connectivity index (χ2v) is 19.7. The summed E-state index contributed by atoms with van der Waals surface area (Å²) in [5, 5.41) is 106. The third-order valence-electron chi connectivity index (χ3n) is 13.1. The Morgan fingerprint density at radius 3 is 1.60 bits per heavy atom. The Morgan fingerprint density at radius 1 is 0.586 bits per heavy atom. The second-order valence-electron chi connectivity index (χ2n) is 19.7. The van der Waals surface area contributed by atoms with Crippen LogP contribution in [0.15, 0.2) is 0 Å². The Hall–Kier alpha value is -2.19. The van der Waals surface area contributed by atoms with E-state index in [-0.39, 0.29) is 18.9 Å². The highest BCUT2D eigenvalue weighted by atomic mass is 16.8. The maximum absolute atomic E-state index is 12.4. The molecular weight excluding hydrogens is 925 g/mol. The van der Waals surface area contributed by atoms with Gasteiger partial charge in [0.15, 0.2) is 31.1 Å². The van der Waals surface area contributed by atoms with Crippen molar-refractivity contribution in [1.29, 1.82) is 0 Å². The lowest BCUT2D eigenvalue weighted by Gasteiger charge is -2.46. The van der Waals surface area contributed by atoms with Crippen LogP contribution >= 0.6 is 0 Å². The Morgan fingerprint density at radius 2 is 1.07 bits per heavy atom. The summed E-state index contributed by atoms with van der Waals surface area (Å²) in [5.74, 6) is -2.62. The van der Waals surface area contributed by atoms with Gasteiger partial charge in [-0.1, -0.05) is 111 Å². The van der Waals surface area contributed by atoms with E-state index in [1.54, 1.807) is 13.8 Å². The molecule has 0 radical (unpaired) electrons. The minimum Gasteiger partial charge on any atom is -0.479 e. The van der Waals surface area contributed by atoms with Crippen LogP contribution in [0.5, 0.6) is 0 Å². The van der Waals surface area contributed by atoms with Gasteiger partial charge >= 0.3 is 17.9 Å². The summed E-state index contributed by atoms with van der Waals surface area (Å²) in [6.45, 7) is 5.41. The minimum atomic E-state index is -1.91.